The van der Waals surface area contributed by atoms with Gasteiger partial charge in [0.25, 0.3) is 17.7 Å². The van der Waals surface area contributed by atoms with Gasteiger partial charge in [-0.3, -0.25) is 24.4 Å². The smallest absolute Gasteiger partial charge is 0.417 e. The predicted molar refractivity (Wildman–Crippen MR) is 333 cm³/mol. The summed E-state index contributed by atoms with van der Waals surface area (Å²) in [5, 5.41) is 0. The third-order valence-corrected chi connectivity index (χ3v) is 16.5. The van der Waals surface area contributed by atoms with E-state index in [0.29, 0.717) is 72.7 Å². The van der Waals surface area contributed by atoms with E-state index in [1.54, 1.807) is 89.6 Å². The monoisotopic (exact) mass is 1370 g/mol. The molecule has 0 radical (unpaired) electrons. The number of benzene rings is 1. The van der Waals surface area contributed by atoms with Crippen LogP contribution in [0.5, 0.6) is 17.6 Å². The van der Waals surface area contributed by atoms with Crippen molar-refractivity contribution in [2.45, 2.75) is 109 Å². The van der Waals surface area contributed by atoms with Crippen molar-refractivity contribution in [2.24, 2.45) is 0 Å². The van der Waals surface area contributed by atoms with Crippen molar-refractivity contribution in [2.75, 3.05) is 19.6 Å². The average molecular weight is 1370 g/mol. The normalized spacial score (nSPS) is 19.0. The highest BCUT2D eigenvalue weighted by molar-refractivity contribution is 9.10. The van der Waals surface area contributed by atoms with Gasteiger partial charge in [-0.1, -0.05) is 6.07 Å². The van der Waals surface area contributed by atoms with E-state index in [9.17, 15) is 31.9 Å². The molecule has 3 aliphatic rings. The molecule has 0 bridgehead atoms. The minimum Gasteiger partial charge on any atom is -0.472 e. The lowest BCUT2D eigenvalue weighted by Crippen LogP contribution is -2.51. The summed E-state index contributed by atoms with van der Waals surface area (Å²) >= 11 is 6.73. The zero-order chi connectivity index (χ0) is 64.2. The highest BCUT2D eigenvalue weighted by Crippen LogP contribution is 2.34. The average Bonchev–Trinajstić information content (AvgIpc) is 1.93. The first-order chi connectivity index (χ1) is 43.9. The minimum absolute atomic E-state index is 0.0762. The fourth-order valence-corrected chi connectivity index (χ4v) is 11.3. The molecule has 3 amide bonds. The van der Waals surface area contributed by atoms with E-state index >= 15 is 0 Å². The molecule has 6 atom stereocenters. The molecule has 11 heterocycles. The van der Waals surface area contributed by atoms with Gasteiger partial charge in [0.05, 0.1) is 52.1 Å². The topological polar surface area (TPSA) is 231 Å². The fourth-order valence-electron chi connectivity index (χ4n) is 10.8. The molecule has 1 aromatic carbocycles. The van der Waals surface area contributed by atoms with Crippen molar-refractivity contribution in [1.82, 2.24) is 64.5 Å². The standard InChI is InChI=1S/C22H22BrN5O2.C22H20F3N5O2.C21H19BrFN3O3/c1-14-11-17(21-24-8-4-9-25-21)20(27-12-14)22(29)28-10-3-5-18(15(28)2)30-19-7-6-16(23)13-26-19;1-14-17(32-18-8-7-15(13-29-18)22(23,24)25)6-3-12-30(14)21(31)19-16(5-2-9-26-19)20-27-10-4-11-28-20;1-13-17(29-18-8-7-14(22)12-25-18)6-3-10-26(13)21(27)15-4-2-5-16(23)19(15)20-24-9-11-28-20/h4,6-9,11-13,15,18H,3,5,10H2,1-2H3;2,4-5,7-11,13-14,17H,3,6,12H2,1H3;2,4-5,7-9,11-13,17H,3,6,10H2,1H3/t15-,18+;14-,17+;13-,17+/m000/s1. The third-order valence-electron chi connectivity index (χ3n) is 15.6. The first-order valence-corrected chi connectivity index (χ1v) is 30.8. The zero-order valence-corrected chi connectivity index (χ0v) is 52.9. The number of halogens is 6. The van der Waals surface area contributed by atoms with Crippen LogP contribution in [-0.2, 0) is 6.18 Å². The summed E-state index contributed by atoms with van der Waals surface area (Å²) < 4.78 is 77.8. The molecule has 3 saturated heterocycles. The van der Waals surface area contributed by atoms with Crippen LogP contribution >= 0.6 is 31.9 Å². The van der Waals surface area contributed by atoms with Crippen LogP contribution in [0.1, 0.15) is 102 Å². The predicted octanol–water partition coefficient (Wildman–Crippen LogP) is 12.8. The lowest BCUT2D eigenvalue weighted by Gasteiger charge is -2.39. The maximum Gasteiger partial charge on any atom is 0.417 e. The number of nitrogens with zero attached hydrogens (tertiary/aromatic N) is 13. The number of ether oxygens (including phenoxy) is 3. The van der Waals surface area contributed by atoms with Crippen LogP contribution in [0.3, 0.4) is 0 Å². The summed E-state index contributed by atoms with van der Waals surface area (Å²) in [7, 11) is 0. The van der Waals surface area contributed by atoms with Crippen LogP contribution < -0.4 is 14.2 Å². The van der Waals surface area contributed by atoms with Crippen molar-refractivity contribution in [3.05, 3.63) is 196 Å². The Labute approximate surface area is 538 Å². The van der Waals surface area contributed by atoms with Gasteiger partial charge in [-0.15, -0.1) is 0 Å². The maximum atomic E-state index is 14.5. The largest absolute Gasteiger partial charge is 0.472 e. The van der Waals surface area contributed by atoms with E-state index < -0.39 is 23.7 Å². The molecule has 470 valence electrons. The number of amides is 3. The summed E-state index contributed by atoms with van der Waals surface area (Å²) in [5.41, 5.74) is 2.17. The molecule has 9 aromatic rings. The number of rotatable bonds is 12. The highest BCUT2D eigenvalue weighted by Gasteiger charge is 2.39. The SMILES string of the molecule is C[C@H]1[C@H](Oc2ccc(Br)cn2)CCCN1C(=O)c1cccc(F)c1-c1ncco1.C[C@H]1[C@H](Oc2ccc(C(F)(F)F)cn2)CCCN1C(=O)c1ncccc1-c1ncccn1.Cc1cnc(C(=O)N2CCC[C@@H](Oc3ccc(Br)cn3)[C@@H]2C)c(-c2ncccn2)c1. The Hall–Kier alpha value is -9.17. The summed E-state index contributed by atoms with van der Waals surface area (Å²) in [5.74, 6) is 0.877. The van der Waals surface area contributed by atoms with Crippen LogP contribution in [0.4, 0.5) is 17.6 Å². The van der Waals surface area contributed by atoms with Gasteiger partial charge < -0.3 is 33.3 Å². The quantitative estimate of drug-likeness (QED) is 0.103. The molecule has 0 saturated carbocycles. The highest BCUT2D eigenvalue weighted by atomic mass is 79.9. The Morgan fingerprint density at radius 2 is 1.01 bits per heavy atom. The first kappa shape index (κ1) is 64.8. The van der Waals surface area contributed by atoms with Gasteiger partial charge in [-0.05, 0) is 164 Å². The lowest BCUT2D eigenvalue weighted by atomic mass is 9.97. The molecule has 26 heteroatoms. The molecule has 8 aromatic heterocycles. The number of piperidine rings is 3. The lowest BCUT2D eigenvalue weighted by molar-refractivity contribution is -0.137. The zero-order valence-electron chi connectivity index (χ0n) is 49.7. The molecule has 91 heavy (non-hydrogen) atoms. The van der Waals surface area contributed by atoms with Crippen LogP contribution in [-0.4, -0.2) is 138 Å². The van der Waals surface area contributed by atoms with Gasteiger partial charge in [0.15, 0.2) is 11.6 Å². The minimum atomic E-state index is -4.46. The van der Waals surface area contributed by atoms with Crippen molar-refractivity contribution >= 4 is 49.6 Å². The van der Waals surface area contributed by atoms with E-state index in [-0.39, 0.29) is 76.6 Å². The Balaban J connectivity index is 0.000000150. The van der Waals surface area contributed by atoms with Gasteiger partial charge in [0.2, 0.25) is 23.5 Å². The van der Waals surface area contributed by atoms with Gasteiger partial charge >= 0.3 is 6.18 Å². The van der Waals surface area contributed by atoms with E-state index in [1.807, 2.05) is 56.9 Å². The number of oxazole rings is 1. The van der Waals surface area contributed by atoms with E-state index in [1.165, 1.54) is 36.9 Å². The molecule has 3 aliphatic heterocycles. The molecule has 0 unspecified atom stereocenters. The number of pyridine rings is 5. The second-order valence-corrected chi connectivity index (χ2v) is 23.4. The van der Waals surface area contributed by atoms with E-state index in [2.05, 4.69) is 81.7 Å². The Morgan fingerprint density at radius 1 is 0.527 bits per heavy atom. The first-order valence-electron chi connectivity index (χ1n) is 29.3. The van der Waals surface area contributed by atoms with Crippen LogP contribution in [0, 0.1) is 12.7 Å². The van der Waals surface area contributed by atoms with Gasteiger partial charge in [0, 0.05) is 103 Å². The number of alkyl halides is 3. The molecule has 3 fully saturated rings. The summed E-state index contributed by atoms with van der Waals surface area (Å²) in [6.45, 7) is 9.44. The van der Waals surface area contributed by atoms with Gasteiger partial charge in [-0.2, -0.15) is 13.2 Å². The molecular weight excluding hydrogens is 1310 g/mol. The van der Waals surface area contributed by atoms with Crippen LogP contribution in [0.15, 0.2) is 167 Å². The van der Waals surface area contributed by atoms with Gasteiger partial charge in [0.1, 0.15) is 41.8 Å². The van der Waals surface area contributed by atoms with E-state index in [4.69, 9.17) is 18.6 Å². The third kappa shape index (κ3) is 15.9. The van der Waals surface area contributed by atoms with Gasteiger partial charge in [-0.25, -0.2) is 44.3 Å². The number of likely N-dealkylation sites (tertiary alicyclic amines) is 3. The molecule has 0 N–H and O–H groups in total. The molecule has 0 spiro atoms. The van der Waals surface area contributed by atoms with Crippen molar-refractivity contribution in [3.63, 3.8) is 0 Å². The number of aromatic nitrogens is 10. The maximum absolute atomic E-state index is 14.5. The second kappa shape index (κ2) is 29.6. The van der Waals surface area contributed by atoms with Crippen molar-refractivity contribution in [1.29, 1.82) is 0 Å². The van der Waals surface area contributed by atoms with Crippen LogP contribution in [0.25, 0.3) is 34.2 Å². The van der Waals surface area contributed by atoms with Crippen LogP contribution in [0.2, 0.25) is 0 Å². The van der Waals surface area contributed by atoms with Crippen molar-refractivity contribution < 1.29 is 50.6 Å². The molecule has 0 aliphatic carbocycles. The van der Waals surface area contributed by atoms with Crippen molar-refractivity contribution in [3.8, 4) is 51.9 Å². The Morgan fingerprint density at radius 3 is 1.48 bits per heavy atom. The molecular formula is C65H61Br2F4N13O7. The summed E-state index contributed by atoms with van der Waals surface area (Å²) in [6.07, 6.45) is 16.0. The number of hydrogen-bond acceptors (Lipinski definition) is 17. The number of aryl methyl sites for hydroxylation is 1. The number of carbonyl (C=O) groups excluding carboxylic acids is 3. The second-order valence-electron chi connectivity index (χ2n) is 21.6. The number of carbonyl (C=O) groups is 3. The number of hydrogen-bond donors (Lipinski definition) is 0. The molecule has 20 nitrogen and oxygen atoms in total. The van der Waals surface area contributed by atoms with E-state index in [0.717, 1.165) is 52.5 Å². The summed E-state index contributed by atoms with van der Waals surface area (Å²) in [4.78, 5) is 87.5. The molecule has 12 rings (SSSR count). The fraction of sp³-hybridized carbons (Fsp3) is 0.308. The Kier molecular flexibility index (Phi) is 21.1. The Bertz CT molecular complexity index is 3910. The summed E-state index contributed by atoms with van der Waals surface area (Å²) in [6, 6.07) is 22.0.